The summed E-state index contributed by atoms with van der Waals surface area (Å²) in [5.74, 6) is -0.984. The van der Waals surface area contributed by atoms with Gasteiger partial charge in [-0.05, 0) is 41.3 Å². The fourth-order valence-electron chi connectivity index (χ4n) is 1.33. The van der Waals surface area contributed by atoms with Crippen LogP contribution in [-0.2, 0) is 9.63 Å². The predicted molar refractivity (Wildman–Crippen MR) is 67.8 cm³/mol. The topological polar surface area (TPSA) is 79.2 Å². The maximum Gasteiger partial charge on any atom is 0.335 e. The van der Waals surface area contributed by atoms with Gasteiger partial charge in [0.05, 0.1) is 5.92 Å². The Labute approximate surface area is 116 Å². The van der Waals surface area contributed by atoms with Crippen molar-refractivity contribution in [3.8, 4) is 6.07 Å². The van der Waals surface area contributed by atoms with Gasteiger partial charge in [-0.3, -0.25) is 4.79 Å². The van der Waals surface area contributed by atoms with Gasteiger partial charge in [0.25, 0.3) is 5.91 Å². The molecule has 1 N–H and O–H groups in total. The number of hydrogen-bond acceptors (Lipinski definition) is 5. The summed E-state index contributed by atoms with van der Waals surface area (Å²) in [6.45, 7) is 1.72. The summed E-state index contributed by atoms with van der Waals surface area (Å²) in [5, 5.41) is 8.85. The van der Waals surface area contributed by atoms with Gasteiger partial charge < -0.3 is 4.84 Å². The van der Waals surface area contributed by atoms with Crippen molar-refractivity contribution in [1.29, 1.82) is 5.26 Å². The van der Waals surface area contributed by atoms with Crippen LogP contribution in [0.4, 0.5) is 0 Å². The van der Waals surface area contributed by atoms with Gasteiger partial charge in [0.15, 0.2) is 0 Å². The fourth-order valence-corrected chi connectivity index (χ4v) is 2.87. The van der Waals surface area contributed by atoms with Crippen LogP contribution in [0.3, 0.4) is 0 Å². The maximum absolute atomic E-state index is 11.8. The van der Waals surface area contributed by atoms with Crippen LogP contribution in [0.25, 0.3) is 0 Å². The van der Waals surface area contributed by atoms with E-state index in [1.54, 1.807) is 6.92 Å². The minimum absolute atomic E-state index is 0.0730. The Bertz CT molecular complexity index is 557. The van der Waals surface area contributed by atoms with Crippen LogP contribution in [0.2, 0.25) is 0 Å². The molecule has 1 heterocycles. The number of nitrogens with one attached hydrogen (secondary N) is 1. The molecule has 1 fully saturated rings. The number of hydrogen-bond donors (Lipinski definition) is 1. The minimum Gasteiger partial charge on any atom is -0.340 e. The molecule has 5 nitrogen and oxygen atoms in total. The second-order valence-electron chi connectivity index (χ2n) is 3.94. The zero-order valence-corrected chi connectivity index (χ0v) is 11.9. The number of thiophene rings is 1. The Hall–Kier alpha value is -1.39. The van der Waals surface area contributed by atoms with Gasteiger partial charge in [-0.25, -0.2) is 4.79 Å². The summed E-state index contributed by atoms with van der Waals surface area (Å²) >= 11 is 4.30. The largest absolute Gasteiger partial charge is 0.340 e. The van der Waals surface area contributed by atoms with E-state index in [1.165, 1.54) is 0 Å². The standard InChI is InChI=1S/C11H9BrN2O3S/c1-5-8(12)7(4-13)18-9(5)10(15)14-17-11(16)6-2-3-6/h6H,2-3H2,1H3,(H,14,15). The first-order valence-electron chi connectivity index (χ1n) is 5.24. The van der Waals surface area contributed by atoms with Crippen molar-refractivity contribution in [2.45, 2.75) is 19.8 Å². The van der Waals surface area contributed by atoms with Crippen molar-refractivity contribution in [3.63, 3.8) is 0 Å². The summed E-state index contributed by atoms with van der Waals surface area (Å²) in [7, 11) is 0. The van der Waals surface area contributed by atoms with Crippen molar-refractivity contribution in [1.82, 2.24) is 5.48 Å². The molecule has 0 unspecified atom stereocenters. The molecule has 18 heavy (non-hydrogen) atoms. The average Bonchev–Trinajstić information content (AvgIpc) is 3.16. The van der Waals surface area contributed by atoms with E-state index in [0.29, 0.717) is 19.8 Å². The number of carbonyl (C=O) groups is 2. The lowest BCUT2D eigenvalue weighted by Gasteiger charge is -2.03. The first kappa shape index (κ1) is 13.1. The molecule has 0 aliphatic heterocycles. The average molecular weight is 329 g/mol. The van der Waals surface area contributed by atoms with Crippen LogP contribution in [0.15, 0.2) is 4.47 Å². The van der Waals surface area contributed by atoms with E-state index < -0.39 is 11.9 Å². The molecule has 1 aliphatic rings. The van der Waals surface area contributed by atoms with Crippen LogP contribution < -0.4 is 5.48 Å². The fraction of sp³-hybridized carbons (Fsp3) is 0.364. The molecular formula is C11H9BrN2O3S. The van der Waals surface area contributed by atoms with Gasteiger partial charge in [-0.1, -0.05) is 0 Å². The van der Waals surface area contributed by atoms with Gasteiger partial charge >= 0.3 is 5.97 Å². The molecule has 1 aromatic heterocycles. The van der Waals surface area contributed by atoms with Crippen LogP contribution in [-0.4, -0.2) is 11.9 Å². The lowest BCUT2D eigenvalue weighted by Crippen LogP contribution is -2.27. The normalized spacial score (nSPS) is 13.8. The predicted octanol–water partition coefficient (Wildman–Crippen LogP) is 2.29. The van der Waals surface area contributed by atoms with E-state index in [4.69, 9.17) is 5.26 Å². The molecule has 1 amide bonds. The molecule has 0 bridgehead atoms. The lowest BCUT2D eigenvalue weighted by atomic mass is 10.2. The number of carbonyl (C=O) groups excluding carboxylic acids is 2. The number of halogens is 1. The third-order valence-electron chi connectivity index (χ3n) is 2.54. The number of hydroxylamine groups is 1. The summed E-state index contributed by atoms with van der Waals surface area (Å²) in [6, 6.07) is 1.99. The van der Waals surface area contributed by atoms with E-state index in [2.05, 4.69) is 26.2 Å². The Morgan fingerprint density at radius 1 is 1.56 bits per heavy atom. The third-order valence-corrected chi connectivity index (χ3v) is 4.99. The van der Waals surface area contributed by atoms with Crippen LogP contribution in [0.5, 0.6) is 0 Å². The molecule has 0 spiro atoms. The van der Waals surface area contributed by atoms with Crippen molar-refractivity contribution in [2.24, 2.45) is 5.92 Å². The zero-order valence-electron chi connectivity index (χ0n) is 9.45. The smallest absolute Gasteiger partial charge is 0.335 e. The second-order valence-corrected chi connectivity index (χ2v) is 5.75. The zero-order chi connectivity index (χ0) is 13.3. The third kappa shape index (κ3) is 2.54. The van der Waals surface area contributed by atoms with Crippen molar-refractivity contribution in [3.05, 3.63) is 19.8 Å². The molecule has 0 saturated heterocycles. The van der Waals surface area contributed by atoms with E-state index in [9.17, 15) is 9.59 Å². The van der Waals surface area contributed by atoms with Crippen LogP contribution >= 0.6 is 27.3 Å². The molecule has 2 rings (SSSR count). The van der Waals surface area contributed by atoms with Gasteiger partial charge in [-0.15, -0.1) is 11.3 Å². The van der Waals surface area contributed by atoms with Gasteiger partial charge in [0.1, 0.15) is 15.8 Å². The highest BCUT2D eigenvalue weighted by atomic mass is 79.9. The maximum atomic E-state index is 11.8. The number of amides is 1. The quantitative estimate of drug-likeness (QED) is 0.845. The molecule has 0 aromatic carbocycles. The Morgan fingerprint density at radius 2 is 2.22 bits per heavy atom. The summed E-state index contributed by atoms with van der Waals surface area (Å²) < 4.78 is 0.605. The van der Waals surface area contributed by atoms with Crippen molar-refractivity contribution >= 4 is 39.1 Å². The molecule has 0 atom stereocenters. The van der Waals surface area contributed by atoms with E-state index in [1.807, 2.05) is 6.07 Å². The second kappa shape index (κ2) is 5.08. The highest BCUT2D eigenvalue weighted by Gasteiger charge is 2.32. The highest BCUT2D eigenvalue weighted by Crippen LogP contribution is 2.32. The van der Waals surface area contributed by atoms with E-state index in [0.717, 1.165) is 24.2 Å². The monoisotopic (exact) mass is 328 g/mol. The number of nitrogens with zero attached hydrogens (tertiary/aromatic N) is 1. The molecule has 1 saturated carbocycles. The first-order chi connectivity index (χ1) is 8.54. The number of nitriles is 1. The van der Waals surface area contributed by atoms with Crippen LogP contribution in [0.1, 0.15) is 33.0 Å². The van der Waals surface area contributed by atoms with Gasteiger partial charge in [0.2, 0.25) is 0 Å². The molecule has 7 heteroatoms. The molecular weight excluding hydrogens is 320 g/mol. The van der Waals surface area contributed by atoms with Crippen LogP contribution in [0, 0.1) is 24.2 Å². The Kier molecular flexibility index (Phi) is 3.68. The van der Waals surface area contributed by atoms with Crippen molar-refractivity contribution < 1.29 is 14.4 Å². The molecule has 94 valence electrons. The van der Waals surface area contributed by atoms with E-state index in [-0.39, 0.29) is 5.92 Å². The Balaban J connectivity index is 2.04. The Morgan fingerprint density at radius 3 is 2.72 bits per heavy atom. The van der Waals surface area contributed by atoms with Gasteiger partial charge in [-0.2, -0.15) is 10.7 Å². The van der Waals surface area contributed by atoms with Gasteiger partial charge in [0, 0.05) is 4.47 Å². The molecule has 1 aromatic rings. The summed E-state index contributed by atoms with van der Waals surface area (Å²) in [4.78, 5) is 28.5. The lowest BCUT2D eigenvalue weighted by molar-refractivity contribution is -0.150. The summed E-state index contributed by atoms with van der Waals surface area (Å²) in [5.41, 5.74) is 2.78. The summed E-state index contributed by atoms with van der Waals surface area (Å²) in [6.07, 6.45) is 1.63. The minimum atomic E-state index is -0.506. The molecule has 1 aliphatic carbocycles. The van der Waals surface area contributed by atoms with Crippen molar-refractivity contribution in [2.75, 3.05) is 0 Å². The molecule has 0 radical (unpaired) electrons. The number of rotatable bonds is 2. The first-order valence-corrected chi connectivity index (χ1v) is 6.85. The highest BCUT2D eigenvalue weighted by molar-refractivity contribution is 9.10. The SMILES string of the molecule is Cc1c(C(=O)NOC(=O)C2CC2)sc(C#N)c1Br. The van der Waals surface area contributed by atoms with E-state index >= 15 is 0 Å².